The van der Waals surface area contributed by atoms with Gasteiger partial charge in [0.05, 0.1) is 0 Å². The molecule has 1 aromatic rings. The molecule has 0 spiro atoms. The third-order valence-corrected chi connectivity index (χ3v) is 3.77. The fourth-order valence-corrected chi connectivity index (χ4v) is 2.88. The summed E-state index contributed by atoms with van der Waals surface area (Å²) in [5.74, 6) is 0.131. The second-order valence-corrected chi connectivity index (χ2v) is 5.66. The van der Waals surface area contributed by atoms with E-state index in [0.29, 0.717) is 0 Å². The molecule has 104 valence electrons. The maximum absolute atomic E-state index is 12.4. The molecule has 0 aromatic carbocycles. The van der Waals surface area contributed by atoms with Crippen LogP contribution in [-0.2, 0) is 0 Å². The highest BCUT2D eigenvalue weighted by Crippen LogP contribution is 2.10. The van der Waals surface area contributed by atoms with Gasteiger partial charge in [-0.3, -0.25) is 9.78 Å². The molecule has 1 aliphatic rings. The summed E-state index contributed by atoms with van der Waals surface area (Å²) in [5, 5.41) is 0.991. The molecule has 0 radical (unpaired) electrons. The van der Waals surface area contributed by atoms with Crippen LogP contribution in [0.25, 0.3) is 0 Å². The number of aromatic nitrogens is 1. The van der Waals surface area contributed by atoms with E-state index >= 15 is 0 Å². The Kier molecular flexibility index (Phi) is 5.34. The normalized spacial score (nSPS) is 17.3. The summed E-state index contributed by atoms with van der Waals surface area (Å²) in [5.41, 5.74) is 1.64. The van der Waals surface area contributed by atoms with Gasteiger partial charge in [-0.25, -0.2) is 0 Å². The topological polar surface area (TPSA) is 36.4 Å². The van der Waals surface area contributed by atoms with Crippen molar-refractivity contribution >= 4 is 21.8 Å². The molecule has 4 nitrogen and oxygen atoms in total. The van der Waals surface area contributed by atoms with Gasteiger partial charge < -0.3 is 9.80 Å². The average Bonchev–Trinajstić information content (AvgIpc) is 2.64. The molecular formula is C14H20BrN3O. The number of alkyl halides is 1. The smallest absolute Gasteiger partial charge is 0.254 e. The van der Waals surface area contributed by atoms with Crippen LogP contribution < -0.4 is 0 Å². The summed E-state index contributed by atoms with van der Waals surface area (Å²) >= 11 is 3.47. The second-order valence-electron chi connectivity index (χ2n) is 4.86. The molecule has 1 aromatic heterocycles. The van der Waals surface area contributed by atoms with Crippen LogP contribution in [0, 0.1) is 6.92 Å². The number of pyridine rings is 1. The van der Waals surface area contributed by atoms with E-state index in [1.165, 1.54) is 0 Å². The van der Waals surface area contributed by atoms with Gasteiger partial charge in [-0.15, -0.1) is 0 Å². The van der Waals surface area contributed by atoms with Gasteiger partial charge in [0.2, 0.25) is 0 Å². The second kappa shape index (κ2) is 7.01. The highest BCUT2D eigenvalue weighted by atomic mass is 79.9. The van der Waals surface area contributed by atoms with Crippen LogP contribution in [0.1, 0.15) is 22.5 Å². The van der Waals surface area contributed by atoms with Crippen molar-refractivity contribution < 1.29 is 4.79 Å². The first-order valence-corrected chi connectivity index (χ1v) is 7.83. The van der Waals surface area contributed by atoms with Crippen LogP contribution in [0.2, 0.25) is 0 Å². The minimum absolute atomic E-state index is 0.131. The molecule has 2 rings (SSSR count). The summed E-state index contributed by atoms with van der Waals surface area (Å²) < 4.78 is 0. The Hall–Kier alpha value is -0.940. The van der Waals surface area contributed by atoms with E-state index in [9.17, 15) is 4.79 Å². The summed E-state index contributed by atoms with van der Waals surface area (Å²) in [6.07, 6.45) is 2.75. The standard InChI is InChI=1S/C14H20BrN3O/c1-12-11-13(3-5-16-12)14(19)18-7-2-6-17(8-4-15)9-10-18/h3,5,11H,2,4,6-10H2,1H3. The average molecular weight is 326 g/mol. The Morgan fingerprint density at radius 2 is 2.21 bits per heavy atom. The predicted molar refractivity (Wildman–Crippen MR) is 79.7 cm³/mol. The molecule has 0 unspecified atom stereocenters. The number of carbonyl (C=O) groups excluding carboxylic acids is 1. The molecular weight excluding hydrogens is 306 g/mol. The van der Waals surface area contributed by atoms with E-state index in [4.69, 9.17) is 0 Å². The van der Waals surface area contributed by atoms with Crippen molar-refractivity contribution in [3.63, 3.8) is 0 Å². The van der Waals surface area contributed by atoms with Crippen LogP contribution in [0.15, 0.2) is 18.3 Å². The highest BCUT2D eigenvalue weighted by Gasteiger charge is 2.19. The number of aryl methyl sites for hydroxylation is 1. The van der Waals surface area contributed by atoms with E-state index in [-0.39, 0.29) is 5.91 Å². The molecule has 1 saturated heterocycles. The van der Waals surface area contributed by atoms with Crippen molar-refractivity contribution in [3.05, 3.63) is 29.6 Å². The minimum atomic E-state index is 0.131. The lowest BCUT2D eigenvalue weighted by atomic mass is 10.2. The predicted octanol–water partition coefficient (Wildman–Crippen LogP) is 1.93. The Morgan fingerprint density at radius 1 is 1.37 bits per heavy atom. The molecule has 2 heterocycles. The minimum Gasteiger partial charge on any atom is -0.337 e. The Balaban J connectivity index is 2.00. The largest absolute Gasteiger partial charge is 0.337 e. The number of hydrogen-bond donors (Lipinski definition) is 0. The summed E-state index contributed by atoms with van der Waals surface area (Å²) in [4.78, 5) is 20.9. The zero-order valence-electron chi connectivity index (χ0n) is 11.3. The first-order valence-electron chi connectivity index (χ1n) is 6.71. The molecule has 0 saturated carbocycles. The third-order valence-electron chi connectivity index (χ3n) is 3.42. The van der Waals surface area contributed by atoms with Gasteiger partial charge in [0, 0.05) is 49.0 Å². The van der Waals surface area contributed by atoms with E-state index in [1.54, 1.807) is 12.3 Å². The molecule has 0 bridgehead atoms. The zero-order chi connectivity index (χ0) is 13.7. The number of halogens is 1. The number of hydrogen-bond acceptors (Lipinski definition) is 3. The van der Waals surface area contributed by atoms with E-state index in [0.717, 1.165) is 55.7 Å². The van der Waals surface area contributed by atoms with Crippen molar-refractivity contribution in [1.82, 2.24) is 14.8 Å². The summed E-state index contributed by atoms with van der Waals surface area (Å²) in [6.45, 7) is 6.66. The van der Waals surface area contributed by atoms with Crippen LogP contribution in [-0.4, -0.2) is 58.7 Å². The molecule has 0 aliphatic carbocycles. The third kappa shape index (κ3) is 4.01. The van der Waals surface area contributed by atoms with Crippen LogP contribution >= 0.6 is 15.9 Å². The molecule has 0 N–H and O–H groups in total. The first-order chi connectivity index (χ1) is 9.20. The lowest BCUT2D eigenvalue weighted by Crippen LogP contribution is -2.35. The van der Waals surface area contributed by atoms with Crippen LogP contribution in [0.5, 0.6) is 0 Å². The Labute approximate surface area is 122 Å². The molecule has 5 heteroatoms. The molecule has 1 aliphatic heterocycles. The van der Waals surface area contributed by atoms with Gasteiger partial charge in [-0.1, -0.05) is 15.9 Å². The number of carbonyl (C=O) groups is 1. The van der Waals surface area contributed by atoms with E-state index in [2.05, 4.69) is 25.8 Å². The van der Waals surface area contributed by atoms with Gasteiger partial charge in [-0.2, -0.15) is 0 Å². The lowest BCUT2D eigenvalue weighted by Gasteiger charge is -2.21. The Morgan fingerprint density at radius 3 is 2.95 bits per heavy atom. The maximum atomic E-state index is 12.4. The Bertz CT molecular complexity index is 438. The molecule has 1 amide bonds. The molecule has 0 atom stereocenters. The molecule has 19 heavy (non-hydrogen) atoms. The monoisotopic (exact) mass is 325 g/mol. The fraction of sp³-hybridized carbons (Fsp3) is 0.571. The van der Waals surface area contributed by atoms with Gasteiger partial charge in [0.1, 0.15) is 0 Å². The van der Waals surface area contributed by atoms with Crippen molar-refractivity contribution in [3.8, 4) is 0 Å². The van der Waals surface area contributed by atoms with Crippen molar-refractivity contribution in [2.75, 3.05) is 38.1 Å². The number of nitrogens with zero attached hydrogens (tertiary/aromatic N) is 3. The van der Waals surface area contributed by atoms with Crippen molar-refractivity contribution in [2.24, 2.45) is 0 Å². The van der Waals surface area contributed by atoms with Crippen LogP contribution in [0.3, 0.4) is 0 Å². The van der Waals surface area contributed by atoms with Gasteiger partial charge >= 0.3 is 0 Å². The zero-order valence-corrected chi connectivity index (χ0v) is 12.9. The van der Waals surface area contributed by atoms with Gasteiger partial charge in [0.25, 0.3) is 5.91 Å². The van der Waals surface area contributed by atoms with E-state index < -0.39 is 0 Å². The SMILES string of the molecule is Cc1cc(C(=O)N2CCCN(CCBr)CC2)ccn1. The van der Waals surface area contributed by atoms with Crippen LogP contribution in [0.4, 0.5) is 0 Å². The quantitative estimate of drug-likeness (QED) is 0.797. The van der Waals surface area contributed by atoms with Crippen molar-refractivity contribution in [1.29, 1.82) is 0 Å². The van der Waals surface area contributed by atoms with E-state index in [1.807, 2.05) is 17.9 Å². The summed E-state index contributed by atoms with van der Waals surface area (Å²) in [6, 6.07) is 3.67. The van der Waals surface area contributed by atoms with Crippen molar-refractivity contribution in [2.45, 2.75) is 13.3 Å². The first kappa shape index (κ1) is 14.5. The summed E-state index contributed by atoms with van der Waals surface area (Å²) in [7, 11) is 0. The number of amides is 1. The maximum Gasteiger partial charge on any atom is 0.254 e. The molecule has 1 fully saturated rings. The van der Waals surface area contributed by atoms with Gasteiger partial charge in [0.15, 0.2) is 0 Å². The highest BCUT2D eigenvalue weighted by molar-refractivity contribution is 9.09. The fourth-order valence-electron chi connectivity index (χ4n) is 2.38. The lowest BCUT2D eigenvalue weighted by molar-refractivity contribution is 0.0761. The number of rotatable bonds is 3. The van der Waals surface area contributed by atoms with Gasteiger partial charge in [-0.05, 0) is 32.0 Å².